The number of piperazine rings is 1. The summed E-state index contributed by atoms with van der Waals surface area (Å²) in [6.07, 6.45) is 1.60. The molecule has 0 unspecified atom stereocenters. The second-order valence-corrected chi connectivity index (χ2v) is 9.40. The quantitative estimate of drug-likeness (QED) is 0.443. The minimum atomic E-state index is 0.249. The van der Waals surface area contributed by atoms with Gasteiger partial charge in [-0.15, -0.1) is 0 Å². The Bertz CT molecular complexity index is 1410. The third kappa shape index (κ3) is 4.09. The molecule has 0 amide bonds. The van der Waals surface area contributed by atoms with Crippen molar-refractivity contribution in [2.75, 3.05) is 56.3 Å². The van der Waals surface area contributed by atoms with Crippen LogP contribution in [0.2, 0.25) is 0 Å². The minimum absolute atomic E-state index is 0.249. The number of aromatic nitrogens is 4. The van der Waals surface area contributed by atoms with Gasteiger partial charge in [-0.25, -0.2) is 15.0 Å². The molecule has 9 heteroatoms. The largest absolute Gasteiger partial charge is 0.454 e. The van der Waals surface area contributed by atoms with Crippen LogP contribution in [0.4, 0.5) is 11.5 Å². The summed E-state index contributed by atoms with van der Waals surface area (Å²) >= 11 is 0. The van der Waals surface area contributed by atoms with E-state index in [1.807, 2.05) is 29.7 Å². The third-order valence-electron chi connectivity index (χ3n) is 7.24. The van der Waals surface area contributed by atoms with Gasteiger partial charge in [0.1, 0.15) is 12.2 Å². The maximum atomic E-state index is 5.56. The molecule has 2 aliphatic heterocycles. The summed E-state index contributed by atoms with van der Waals surface area (Å²) in [5.74, 6) is 3.10. The molecule has 0 radical (unpaired) electrons. The highest BCUT2D eigenvalue weighted by Gasteiger charge is 2.20. The zero-order chi connectivity index (χ0) is 24.6. The van der Waals surface area contributed by atoms with Crippen LogP contribution >= 0.6 is 0 Å². The van der Waals surface area contributed by atoms with Gasteiger partial charge in [0.25, 0.3) is 0 Å². The highest BCUT2D eigenvalue weighted by atomic mass is 16.7. The molecule has 1 fully saturated rings. The van der Waals surface area contributed by atoms with Gasteiger partial charge in [-0.2, -0.15) is 0 Å². The number of rotatable bonds is 6. The molecule has 186 valence electrons. The number of nitrogens with one attached hydrogen (secondary N) is 1. The number of aryl methyl sites for hydroxylation is 2. The van der Waals surface area contributed by atoms with Crippen molar-refractivity contribution in [3.63, 3.8) is 0 Å². The van der Waals surface area contributed by atoms with Crippen molar-refractivity contribution in [2.24, 2.45) is 0 Å². The Morgan fingerprint density at radius 3 is 2.64 bits per heavy atom. The first-order valence-electron chi connectivity index (χ1n) is 12.5. The van der Waals surface area contributed by atoms with E-state index in [-0.39, 0.29) is 6.79 Å². The Kier molecular flexibility index (Phi) is 5.85. The standard InChI is InChI=1S/C27H31N7O2/c1-18-5-4-6-22(19(18)2)33-13-11-32(12-14-33)10-9-28-26-25-27(30-16-29-26)34(20(3)31-25)21-7-8-23-24(15-21)36-17-35-23/h4-8,15-16H,9-14,17H2,1-3H3,(H,28,29,30). The lowest BCUT2D eigenvalue weighted by atomic mass is 10.1. The normalized spacial score (nSPS) is 15.6. The van der Waals surface area contributed by atoms with Gasteiger partial charge in [-0.05, 0) is 50.1 Å². The Balaban J connectivity index is 1.11. The molecule has 1 N–H and O–H groups in total. The number of hydrogen-bond acceptors (Lipinski definition) is 8. The fourth-order valence-electron chi connectivity index (χ4n) is 5.09. The predicted octanol–water partition coefficient (Wildman–Crippen LogP) is 3.70. The Labute approximate surface area is 210 Å². The van der Waals surface area contributed by atoms with Crippen LogP contribution < -0.4 is 19.7 Å². The second kappa shape index (κ2) is 9.31. The molecule has 2 aromatic carbocycles. The van der Waals surface area contributed by atoms with Gasteiger partial charge in [0.05, 0.1) is 5.69 Å². The highest BCUT2D eigenvalue weighted by Crippen LogP contribution is 2.35. The Morgan fingerprint density at radius 1 is 0.944 bits per heavy atom. The van der Waals surface area contributed by atoms with Crippen LogP contribution in [0.25, 0.3) is 16.9 Å². The zero-order valence-electron chi connectivity index (χ0n) is 21.0. The first-order valence-corrected chi connectivity index (χ1v) is 12.5. The number of imidazole rings is 1. The van der Waals surface area contributed by atoms with Crippen molar-refractivity contribution in [3.05, 3.63) is 59.7 Å². The summed E-state index contributed by atoms with van der Waals surface area (Å²) in [6.45, 7) is 12.6. The first kappa shape index (κ1) is 22.6. The lowest BCUT2D eigenvalue weighted by Crippen LogP contribution is -2.47. The first-order chi connectivity index (χ1) is 17.6. The lowest BCUT2D eigenvalue weighted by molar-refractivity contribution is 0.174. The maximum Gasteiger partial charge on any atom is 0.231 e. The molecule has 36 heavy (non-hydrogen) atoms. The van der Waals surface area contributed by atoms with Crippen molar-refractivity contribution >= 4 is 22.7 Å². The van der Waals surface area contributed by atoms with E-state index in [1.54, 1.807) is 6.33 Å². The lowest BCUT2D eigenvalue weighted by Gasteiger charge is -2.37. The fourth-order valence-corrected chi connectivity index (χ4v) is 5.09. The molecule has 0 spiro atoms. The molecule has 9 nitrogen and oxygen atoms in total. The van der Waals surface area contributed by atoms with E-state index >= 15 is 0 Å². The number of benzene rings is 2. The molecule has 4 aromatic rings. The van der Waals surface area contributed by atoms with Crippen LogP contribution in [-0.4, -0.2) is 70.5 Å². The van der Waals surface area contributed by atoms with Crippen LogP contribution in [0.3, 0.4) is 0 Å². The molecule has 1 saturated heterocycles. The molecule has 2 aliphatic rings. The summed E-state index contributed by atoms with van der Waals surface area (Å²) in [7, 11) is 0. The average molecular weight is 486 g/mol. The molecule has 0 bridgehead atoms. The second-order valence-electron chi connectivity index (χ2n) is 9.40. The van der Waals surface area contributed by atoms with Gasteiger partial charge in [-0.1, -0.05) is 12.1 Å². The zero-order valence-corrected chi connectivity index (χ0v) is 21.0. The maximum absolute atomic E-state index is 5.56. The number of nitrogens with zero attached hydrogens (tertiary/aromatic N) is 6. The van der Waals surface area contributed by atoms with Crippen LogP contribution in [0, 0.1) is 20.8 Å². The van der Waals surface area contributed by atoms with Crippen molar-refractivity contribution in [2.45, 2.75) is 20.8 Å². The van der Waals surface area contributed by atoms with E-state index in [9.17, 15) is 0 Å². The molecule has 6 rings (SSSR count). The monoisotopic (exact) mass is 485 g/mol. The number of hydrogen-bond donors (Lipinski definition) is 1. The molecule has 0 aliphatic carbocycles. The predicted molar refractivity (Wildman–Crippen MR) is 141 cm³/mol. The van der Waals surface area contributed by atoms with E-state index in [0.29, 0.717) is 0 Å². The topological polar surface area (TPSA) is 80.6 Å². The van der Waals surface area contributed by atoms with Crippen molar-refractivity contribution in [1.82, 2.24) is 24.4 Å². The summed E-state index contributed by atoms with van der Waals surface area (Å²) in [4.78, 5) is 18.8. The van der Waals surface area contributed by atoms with Crippen molar-refractivity contribution in [3.8, 4) is 17.2 Å². The van der Waals surface area contributed by atoms with Crippen LogP contribution in [0.1, 0.15) is 17.0 Å². The number of anilines is 2. The highest BCUT2D eigenvalue weighted by molar-refractivity contribution is 5.84. The van der Waals surface area contributed by atoms with Gasteiger partial charge in [0, 0.05) is 51.0 Å². The smallest absolute Gasteiger partial charge is 0.231 e. The molecular weight excluding hydrogens is 454 g/mol. The van der Waals surface area contributed by atoms with Crippen LogP contribution in [-0.2, 0) is 0 Å². The summed E-state index contributed by atoms with van der Waals surface area (Å²) < 4.78 is 13.0. The Hall–Kier alpha value is -3.85. The van der Waals surface area contributed by atoms with E-state index in [0.717, 1.165) is 79.3 Å². The minimum Gasteiger partial charge on any atom is -0.454 e. The Morgan fingerprint density at radius 2 is 1.78 bits per heavy atom. The molecule has 0 atom stereocenters. The van der Waals surface area contributed by atoms with Gasteiger partial charge in [0.2, 0.25) is 6.79 Å². The van der Waals surface area contributed by atoms with E-state index < -0.39 is 0 Å². The summed E-state index contributed by atoms with van der Waals surface area (Å²) in [5, 5.41) is 3.50. The molecule has 0 saturated carbocycles. The van der Waals surface area contributed by atoms with E-state index in [4.69, 9.17) is 14.5 Å². The molecule has 2 aromatic heterocycles. The summed E-state index contributed by atoms with van der Waals surface area (Å²) in [6, 6.07) is 12.5. The van der Waals surface area contributed by atoms with E-state index in [1.165, 1.54) is 16.8 Å². The van der Waals surface area contributed by atoms with Crippen LogP contribution in [0.5, 0.6) is 11.5 Å². The molecular formula is C27H31N7O2. The third-order valence-corrected chi connectivity index (χ3v) is 7.24. The van der Waals surface area contributed by atoms with Gasteiger partial charge < -0.3 is 19.7 Å². The summed E-state index contributed by atoms with van der Waals surface area (Å²) in [5.41, 5.74) is 6.58. The van der Waals surface area contributed by atoms with Gasteiger partial charge in [-0.3, -0.25) is 9.47 Å². The molecule has 4 heterocycles. The van der Waals surface area contributed by atoms with Gasteiger partial charge >= 0.3 is 0 Å². The average Bonchev–Trinajstić information content (AvgIpc) is 3.49. The van der Waals surface area contributed by atoms with Crippen molar-refractivity contribution < 1.29 is 9.47 Å². The fraction of sp³-hybridized carbons (Fsp3) is 0.370. The van der Waals surface area contributed by atoms with Crippen LogP contribution in [0.15, 0.2) is 42.7 Å². The van der Waals surface area contributed by atoms with Gasteiger partial charge in [0.15, 0.2) is 28.5 Å². The number of fused-ring (bicyclic) bond motifs is 2. The van der Waals surface area contributed by atoms with Crippen molar-refractivity contribution in [1.29, 1.82) is 0 Å². The SMILES string of the molecule is Cc1cccc(N2CCN(CCNc3ncnc4c3nc(C)n4-c3ccc4c(c3)OCO4)CC2)c1C. The van der Waals surface area contributed by atoms with E-state index in [2.05, 4.69) is 57.1 Å². The number of ether oxygens (including phenoxy) is 2.